The van der Waals surface area contributed by atoms with Gasteiger partial charge >= 0.3 is 0 Å². The fourth-order valence-corrected chi connectivity index (χ4v) is 5.49. The zero-order valence-corrected chi connectivity index (χ0v) is 28.1. The number of amidine groups is 1. The van der Waals surface area contributed by atoms with Crippen LogP contribution in [0.1, 0.15) is 73.6 Å². The van der Waals surface area contributed by atoms with Crippen LogP contribution in [0.25, 0.3) is 0 Å². The van der Waals surface area contributed by atoms with Crippen LogP contribution in [0.15, 0.2) is 76.6 Å². The first kappa shape index (κ1) is 36.6. The Labute approximate surface area is 265 Å². The second-order valence-electron chi connectivity index (χ2n) is 13.2. The number of nitrogens with two attached hydrogens (primary N) is 2. The topological polar surface area (TPSA) is 132 Å². The van der Waals surface area contributed by atoms with Crippen molar-refractivity contribution < 1.29 is 9.59 Å². The average molecular weight is 606 g/mol. The van der Waals surface area contributed by atoms with Crippen LogP contribution in [0.2, 0.25) is 0 Å². The van der Waals surface area contributed by atoms with Crippen molar-refractivity contribution in [3.05, 3.63) is 71.7 Å². The van der Waals surface area contributed by atoms with E-state index in [1.165, 1.54) is 43.8 Å². The highest BCUT2D eigenvalue weighted by atomic mass is 16.1. The molecule has 5 N–H and O–H groups in total. The van der Waals surface area contributed by atoms with Crippen LogP contribution in [0, 0.1) is 16.2 Å². The molecule has 1 amide bonds. The van der Waals surface area contributed by atoms with E-state index in [2.05, 4.69) is 35.0 Å². The molecule has 0 aromatic heterocycles. The molecule has 0 bridgehead atoms. The lowest BCUT2D eigenvalue weighted by atomic mass is 9.71. The van der Waals surface area contributed by atoms with E-state index in [9.17, 15) is 9.59 Å². The van der Waals surface area contributed by atoms with Crippen molar-refractivity contribution >= 4 is 23.2 Å². The molecule has 9 nitrogen and oxygen atoms in total. The summed E-state index contributed by atoms with van der Waals surface area (Å²) in [7, 11) is 2.20. The molecule has 0 unspecified atom stereocenters. The number of Topliss-reactive ketones (excluding diaryl/α,β-unsaturated/α-hetero) is 1. The third kappa shape index (κ3) is 10.3. The number of nitrogens with one attached hydrogen (secondary N) is 1. The number of hydrogen-bond acceptors (Lipinski definition) is 7. The number of likely N-dealkylation sites (tertiary alicyclic amines) is 2. The highest BCUT2D eigenvalue weighted by Crippen LogP contribution is 2.41. The van der Waals surface area contributed by atoms with Crippen molar-refractivity contribution in [2.75, 3.05) is 39.8 Å². The monoisotopic (exact) mass is 605 g/mol. The van der Waals surface area contributed by atoms with Crippen LogP contribution in [-0.2, 0) is 9.59 Å². The van der Waals surface area contributed by atoms with Gasteiger partial charge in [0.1, 0.15) is 11.6 Å². The second kappa shape index (κ2) is 16.0. The van der Waals surface area contributed by atoms with E-state index in [0.717, 1.165) is 24.4 Å². The maximum atomic E-state index is 12.9. The average Bonchev–Trinajstić information content (AvgIpc) is 2.95. The smallest absolute Gasteiger partial charge is 0.278 e. The van der Waals surface area contributed by atoms with E-state index in [1.807, 2.05) is 25.2 Å². The number of carbonyl (C=O) groups is 2. The number of piperidine rings is 2. The van der Waals surface area contributed by atoms with E-state index >= 15 is 0 Å². The molecule has 2 aliphatic rings. The van der Waals surface area contributed by atoms with E-state index < -0.39 is 11.3 Å². The number of hydrazine groups is 1. The van der Waals surface area contributed by atoms with Gasteiger partial charge in [0.05, 0.1) is 24.4 Å². The summed E-state index contributed by atoms with van der Waals surface area (Å²) in [6.07, 6.45) is 13.7. The number of rotatable bonds is 12. The molecule has 0 aliphatic carbocycles. The lowest BCUT2D eigenvalue weighted by molar-refractivity contribution is -0.125. The van der Waals surface area contributed by atoms with Crippen LogP contribution in [0.4, 0.5) is 0 Å². The van der Waals surface area contributed by atoms with Crippen LogP contribution >= 0.6 is 0 Å². The van der Waals surface area contributed by atoms with Gasteiger partial charge in [0.2, 0.25) is 0 Å². The normalized spacial score (nSPS) is 19.2. The van der Waals surface area contributed by atoms with Crippen molar-refractivity contribution in [1.82, 2.24) is 14.8 Å². The molecular weight excluding hydrogens is 550 g/mol. The molecule has 0 aromatic carbocycles. The van der Waals surface area contributed by atoms with Crippen molar-refractivity contribution in [3.63, 3.8) is 0 Å². The minimum Gasteiger partial charge on any atom is -0.387 e. The minimum atomic E-state index is -0.583. The number of carbonyl (C=O) groups excluding carboxylic acids is 2. The third-order valence-electron chi connectivity index (χ3n) is 8.76. The molecule has 9 heteroatoms. The van der Waals surface area contributed by atoms with E-state index in [0.29, 0.717) is 22.4 Å². The highest BCUT2D eigenvalue weighted by molar-refractivity contribution is 6.09. The molecule has 2 rings (SSSR count). The summed E-state index contributed by atoms with van der Waals surface area (Å²) in [6.45, 7) is 23.3. The Kier molecular flexibility index (Phi) is 13.3. The van der Waals surface area contributed by atoms with Crippen molar-refractivity contribution in [1.29, 1.82) is 5.41 Å². The van der Waals surface area contributed by atoms with Gasteiger partial charge in [0.15, 0.2) is 0 Å². The first-order valence-corrected chi connectivity index (χ1v) is 15.5. The lowest BCUT2D eigenvalue weighted by Gasteiger charge is -2.47. The molecule has 0 atom stereocenters. The van der Waals surface area contributed by atoms with Gasteiger partial charge in [-0.3, -0.25) is 9.59 Å². The van der Waals surface area contributed by atoms with Crippen molar-refractivity contribution in [2.24, 2.45) is 27.4 Å². The number of nitrogens with zero attached hydrogens (tertiary/aromatic N) is 4. The van der Waals surface area contributed by atoms with Gasteiger partial charge in [-0.25, -0.2) is 5.84 Å². The first-order valence-electron chi connectivity index (χ1n) is 15.5. The van der Waals surface area contributed by atoms with Gasteiger partial charge in [0.25, 0.3) is 5.91 Å². The van der Waals surface area contributed by atoms with Gasteiger partial charge in [-0.05, 0) is 101 Å². The fraction of sp³-hybridized carbons (Fsp3) is 0.543. The molecular formula is C35H55N7O2. The quantitative estimate of drug-likeness (QED) is 0.0687. The summed E-state index contributed by atoms with van der Waals surface area (Å²) in [4.78, 5) is 34.0. The number of ketones is 1. The third-order valence-corrected chi connectivity index (χ3v) is 8.76. The summed E-state index contributed by atoms with van der Waals surface area (Å²) in [5, 5.41) is 10.3. The largest absolute Gasteiger partial charge is 0.387 e. The Balaban J connectivity index is 2.15. The Morgan fingerprint density at radius 2 is 1.57 bits per heavy atom. The molecule has 0 saturated carbocycles. The van der Waals surface area contributed by atoms with Gasteiger partial charge in [-0.15, -0.1) is 0 Å². The maximum Gasteiger partial charge on any atom is 0.278 e. The number of amides is 1. The van der Waals surface area contributed by atoms with E-state index in [1.54, 1.807) is 46.8 Å². The van der Waals surface area contributed by atoms with Crippen LogP contribution in [0.3, 0.4) is 0 Å². The van der Waals surface area contributed by atoms with Gasteiger partial charge in [-0.1, -0.05) is 46.1 Å². The van der Waals surface area contributed by atoms with Gasteiger partial charge in [-0.2, -0.15) is 4.99 Å². The van der Waals surface area contributed by atoms with Gasteiger partial charge < -0.3 is 26.0 Å². The van der Waals surface area contributed by atoms with Crippen molar-refractivity contribution in [3.8, 4) is 0 Å². The molecule has 2 saturated heterocycles. The molecule has 2 aliphatic heterocycles. The first-order chi connectivity index (χ1) is 20.5. The van der Waals surface area contributed by atoms with Crippen LogP contribution in [-0.4, -0.2) is 77.8 Å². The van der Waals surface area contributed by atoms with Crippen molar-refractivity contribution in [2.45, 2.75) is 73.6 Å². The summed E-state index contributed by atoms with van der Waals surface area (Å²) in [5.41, 5.74) is 9.23. The molecule has 44 heavy (non-hydrogen) atoms. The van der Waals surface area contributed by atoms with E-state index in [4.69, 9.17) is 17.0 Å². The summed E-state index contributed by atoms with van der Waals surface area (Å²) >= 11 is 0. The molecule has 0 aromatic rings. The predicted molar refractivity (Wildman–Crippen MR) is 183 cm³/mol. The molecule has 2 fully saturated rings. The Bertz CT molecular complexity index is 1260. The highest BCUT2D eigenvalue weighted by Gasteiger charge is 2.37. The van der Waals surface area contributed by atoms with Crippen LogP contribution < -0.4 is 11.6 Å². The Morgan fingerprint density at radius 1 is 1.02 bits per heavy atom. The maximum absolute atomic E-state index is 12.9. The number of allylic oxidation sites excluding steroid dienone is 5. The summed E-state index contributed by atoms with van der Waals surface area (Å²) in [6, 6.07) is 0. The van der Waals surface area contributed by atoms with E-state index in [-0.39, 0.29) is 30.2 Å². The lowest BCUT2D eigenvalue weighted by Crippen LogP contribution is -2.45. The molecule has 2 heterocycles. The molecule has 242 valence electrons. The minimum absolute atomic E-state index is 0.0383. The zero-order valence-electron chi connectivity index (χ0n) is 28.1. The number of hydrogen-bond donors (Lipinski definition) is 3. The second-order valence-corrected chi connectivity index (χ2v) is 13.2. The number of aliphatic imine (C=N–C) groups is 1. The molecule has 1 spiro atoms. The summed E-state index contributed by atoms with van der Waals surface area (Å²) < 4.78 is 0. The Morgan fingerprint density at radius 3 is 2.05 bits per heavy atom. The SMILES string of the molecule is C=C/C(=C\C(=C/C)C(=N)CN(N)/C(=C/C(=CC)C(=O)N=C(N)CC(=O)C(C)(C)C)C(=C)C)N1CCC2(CCN(C)CC2)CC1. The molecule has 0 radical (unpaired) electrons. The summed E-state index contributed by atoms with van der Waals surface area (Å²) in [5.74, 6) is 5.74. The van der Waals surface area contributed by atoms with Gasteiger partial charge in [0, 0.05) is 29.8 Å². The van der Waals surface area contributed by atoms with Crippen LogP contribution in [0.5, 0.6) is 0 Å². The Hall–Kier alpha value is -3.56. The predicted octanol–water partition coefficient (Wildman–Crippen LogP) is 5.30. The fourth-order valence-electron chi connectivity index (χ4n) is 5.49. The standard InChI is InChI=1S/C35H55N7O2/c1-10-26(21-28(12-3)41-19-15-35(16-20-41)13-17-40(9)18-14-35)29(36)24-42(38)30(25(4)5)22-27(11-2)33(44)39-32(37)23-31(43)34(6,7)8/h10-12,21-22,36H,3-4,13-20,23-24,38H2,1-2,5-9H3,(H2,37,39,44)/b26-10+,27-11?,28-21+,30-22+,36-29?. The zero-order chi connectivity index (χ0) is 33.2.